The second-order valence-corrected chi connectivity index (χ2v) is 8.09. The minimum Gasteiger partial charge on any atom is -0.478 e. The molecule has 3 aromatic rings. The Kier molecular flexibility index (Phi) is 4.78. The smallest absolute Gasteiger partial charge is 0.335 e. The molecular weight excluding hydrogens is 396 g/mol. The third-order valence-corrected chi connectivity index (χ3v) is 6.26. The summed E-state index contributed by atoms with van der Waals surface area (Å²) in [6.45, 7) is 1.44. The van der Waals surface area contributed by atoms with Gasteiger partial charge in [0.1, 0.15) is 5.82 Å². The van der Waals surface area contributed by atoms with Gasteiger partial charge in [-0.1, -0.05) is 12.1 Å². The number of carboxylic acid groups (broad SMARTS) is 1. The van der Waals surface area contributed by atoms with Gasteiger partial charge < -0.3 is 10.1 Å². The zero-order valence-corrected chi connectivity index (χ0v) is 16.8. The number of nitrogens with one attached hydrogen (secondary N) is 1. The third-order valence-electron chi connectivity index (χ3n) is 6.26. The molecule has 158 valence electrons. The first kappa shape index (κ1) is 19.4. The summed E-state index contributed by atoms with van der Waals surface area (Å²) in [5.74, 6) is -0.256. The number of piperidine rings is 1. The number of aromatic amines is 1. The Labute approximate surface area is 178 Å². The van der Waals surface area contributed by atoms with E-state index in [-0.39, 0.29) is 23.8 Å². The van der Waals surface area contributed by atoms with E-state index in [2.05, 4.69) is 9.88 Å². The first-order valence-corrected chi connectivity index (χ1v) is 10.4. The molecule has 1 atom stereocenters. The van der Waals surface area contributed by atoms with Crippen LogP contribution in [0.3, 0.4) is 0 Å². The summed E-state index contributed by atoms with van der Waals surface area (Å²) in [5.41, 5.74) is 2.52. The molecule has 2 fully saturated rings. The first-order valence-electron chi connectivity index (χ1n) is 10.4. The number of H-pyrrole nitrogens is 1. The van der Waals surface area contributed by atoms with Crippen molar-refractivity contribution in [1.29, 1.82) is 0 Å². The van der Waals surface area contributed by atoms with Crippen LogP contribution in [0.15, 0.2) is 48.5 Å². The molecule has 2 amide bonds. The van der Waals surface area contributed by atoms with Crippen molar-refractivity contribution in [1.82, 2.24) is 14.9 Å². The Hall–Kier alpha value is -3.52. The number of likely N-dealkylation sites (tertiary alicyclic amines) is 1. The number of aromatic carboxylic acids is 1. The predicted octanol–water partition coefficient (Wildman–Crippen LogP) is 2.77. The van der Waals surface area contributed by atoms with Gasteiger partial charge in [0.15, 0.2) is 0 Å². The summed E-state index contributed by atoms with van der Waals surface area (Å²) in [6, 6.07) is 13.3. The summed E-state index contributed by atoms with van der Waals surface area (Å²) in [7, 11) is 0. The standard InChI is InChI=1S/C23H22N4O4/c28-20-13-19(22(29)27(20)16-7-5-15(6-8-16)23(30)31)26-11-9-14(10-12-26)21-24-17-3-1-2-4-18(17)25-21/h1-8,14,19H,9-13H2,(H,24,25)(H,30,31)/t19-/m1/s1. The number of imidazole rings is 1. The van der Waals surface area contributed by atoms with Crippen molar-refractivity contribution in [3.63, 3.8) is 0 Å². The van der Waals surface area contributed by atoms with Crippen LogP contribution >= 0.6 is 0 Å². The van der Waals surface area contributed by atoms with Crippen LogP contribution in [-0.2, 0) is 9.59 Å². The van der Waals surface area contributed by atoms with Crippen LogP contribution in [0.5, 0.6) is 0 Å². The average Bonchev–Trinajstić information content (AvgIpc) is 3.34. The van der Waals surface area contributed by atoms with Gasteiger partial charge in [-0.15, -0.1) is 0 Å². The minimum atomic E-state index is -1.05. The van der Waals surface area contributed by atoms with E-state index in [1.54, 1.807) is 0 Å². The molecule has 2 aromatic carbocycles. The molecule has 0 saturated carbocycles. The van der Waals surface area contributed by atoms with E-state index in [9.17, 15) is 14.4 Å². The number of nitrogens with zero attached hydrogens (tertiary/aromatic N) is 3. The molecular formula is C23H22N4O4. The number of hydrogen-bond acceptors (Lipinski definition) is 5. The molecule has 1 aromatic heterocycles. The van der Waals surface area contributed by atoms with Gasteiger partial charge in [-0.2, -0.15) is 0 Å². The number of benzene rings is 2. The number of carbonyl (C=O) groups excluding carboxylic acids is 2. The highest BCUT2D eigenvalue weighted by molar-refractivity contribution is 6.22. The first-order chi connectivity index (χ1) is 15.0. The Balaban J connectivity index is 1.26. The van der Waals surface area contributed by atoms with Crippen molar-refractivity contribution in [2.75, 3.05) is 18.0 Å². The molecule has 31 heavy (non-hydrogen) atoms. The van der Waals surface area contributed by atoms with Gasteiger partial charge >= 0.3 is 5.97 Å². The topological polar surface area (TPSA) is 107 Å². The lowest BCUT2D eigenvalue weighted by molar-refractivity contribution is -0.123. The lowest BCUT2D eigenvalue weighted by Crippen LogP contribution is -2.45. The summed E-state index contributed by atoms with van der Waals surface area (Å²) < 4.78 is 0. The molecule has 2 saturated heterocycles. The fraction of sp³-hybridized carbons (Fsp3) is 0.304. The number of amides is 2. The zero-order chi connectivity index (χ0) is 21.5. The van der Waals surface area contributed by atoms with Gasteiger partial charge in [0.05, 0.1) is 34.7 Å². The van der Waals surface area contributed by atoms with Crippen LogP contribution in [0.25, 0.3) is 11.0 Å². The van der Waals surface area contributed by atoms with Crippen LogP contribution in [0, 0.1) is 0 Å². The summed E-state index contributed by atoms with van der Waals surface area (Å²) in [4.78, 5) is 48.0. The molecule has 5 rings (SSSR count). The van der Waals surface area contributed by atoms with E-state index in [4.69, 9.17) is 10.1 Å². The van der Waals surface area contributed by atoms with Crippen molar-refractivity contribution in [2.24, 2.45) is 0 Å². The number of anilines is 1. The van der Waals surface area contributed by atoms with Gasteiger partial charge in [-0.05, 0) is 62.3 Å². The maximum Gasteiger partial charge on any atom is 0.335 e. The summed E-state index contributed by atoms with van der Waals surface area (Å²) in [5, 5.41) is 9.04. The molecule has 0 aliphatic carbocycles. The van der Waals surface area contributed by atoms with Gasteiger partial charge in [0.2, 0.25) is 5.91 Å². The number of fused-ring (bicyclic) bond motifs is 1. The van der Waals surface area contributed by atoms with Crippen molar-refractivity contribution < 1.29 is 19.5 Å². The molecule has 2 aliphatic rings. The van der Waals surface area contributed by atoms with Gasteiger partial charge in [0.25, 0.3) is 5.91 Å². The fourth-order valence-electron chi connectivity index (χ4n) is 4.58. The number of imide groups is 1. The summed E-state index contributed by atoms with van der Waals surface area (Å²) >= 11 is 0. The highest BCUT2D eigenvalue weighted by Gasteiger charge is 2.43. The van der Waals surface area contributed by atoms with E-state index in [1.807, 2.05) is 24.3 Å². The normalized spacial score (nSPS) is 20.6. The predicted molar refractivity (Wildman–Crippen MR) is 114 cm³/mol. The summed E-state index contributed by atoms with van der Waals surface area (Å²) in [6.07, 6.45) is 1.88. The molecule has 0 spiro atoms. The van der Waals surface area contributed by atoms with E-state index in [0.29, 0.717) is 11.6 Å². The zero-order valence-electron chi connectivity index (χ0n) is 16.8. The van der Waals surface area contributed by atoms with Crippen LogP contribution in [0.4, 0.5) is 5.69 Å². The molecule has 3 heterocycles. The second kappa shape index (κ2) is 7.63. The van der Waals surface area contributed by atoms with Crippen molar-refractivity contribution >= 4 is 34.5 Å². The van der Waals surface area contributed by atoms with Gasteiger partial charge in [-0.25, -0.2) is 14.7 Å². The maximum absolute atomic E-state index is 13.0. The molecule has 0 radical (unpaired) electrons. The van der Waals surface area contributed by atoms with Gasteiger partial charge in [0, 0.05) is 5.92 Å². The molecule has 2 aliphatic heterocycles. The molecule has 0 unspecified atom stereocenters. The second-order valence-electron chi connectivity index (χ2n) is 8.09. The van der Waals surface area contributed by atoms with Gasteiger partial charge in [-0.3, -0.25) is 14.5 Å². The van der Waals surface area contributed by atoms with Crippen LogP contribution in [0.2, 0.25) is 0 Å². The molecule has 2 N–H and O–H groups in total. The SMILES string of the molecule is O=C(O)c1ccc(N2C(=O)C[C@@H](N3CCC(c4nc5ccccc5[nH]4)CC3)C2=O)cc1. The maximum atomic E-state index is 13.0. The van der Waals surface area contributed by atoms with Crippen molar-refractivity contribution in [3.05, 3.63) is 59.9 Å². The van der Waals surface area contributed by atoms with Crippen LogP contribution in [-0.4, -0.2) is 56.9 Å². The van der Waals surface area contributed by atoms with E-state index in [0.717, 1.165) is 42.8 Å². The number of carbonyl (C=O) groups is 3. The fourth-order valence-corrected chi connectivity index (χ4v) is 4.58. The number of rotatable bonds is 4. The molecule has 8 heteroatoms. The van der Waals surface area contributed by atoms with Crippen molar-refractivity contribution in [3.8, 4) is 0 Å². The number of carboxylic acids is 1. The monoisotopic (exact) mass is 418 g/mol. The number of para-hydroxylation sites is 2. The lowest BCUT2D eigenvalue weighted by Gasteiger charge is -2.34. The minimum absolute atomic E-state index is 0.118. The lowest BCUT2D eigenvalue weighted by atomic mass is 9.95. The Bertz CT molecular complexity index is 1130. The van der Waals surface area contributed by atoms with E-state index in [1.165, 1.54) is 29.2 Å². The average molecular weight is 418 g/mol. The number of hydrogen-bond donors (Lipinski definition) is 2. The Morgan fingerprint density at radius 1 is 1.03 bits per heavy atom. The van der Waals surface area contributed by atoms with Crippen LogP contribution < -0.4 is 4.90 Å². The van der Waals surface area contributed by atoms with Crippen LogP contribution in [0.1, 0.15) is 41.4 Å². The largest absolute Gasteiger partial charge is 0.478 e. The Morgan fingerprint density at radius 3 is 2.42 bits per heavy atom. The van der Waals surface area contributed by atoms with E-state index < -0.39 is 12.0 Å². The molecule has 0 bridgehead atoms. The highest BCUT2D eigenvalue weighted by Crippen LogP contribution is 2.32. The Morgan fingerprint density at radius 2 is 1.74 bits per heavy atom. The molecule has 8 nitrogen and oxygen atoms in total. The highest BCUT2D eigenvalue weighted by atomic mass is 16.4. The van der Waals surface area contributed by atoms with E-state index >= 15 is 0 Å². The third kappa shape index (κ3) is 3.48. The quantitative estimate of drug-likeness (QED) is 0.631. The van der Waals surface area contributed by atoms with Crippen molar-refractivity contribution in [2.45, 2.75) is 31.2 Å². The number of aromatic nitrogens is 2.